The molecule has 2 heterocycles. The Morgan fingerprint density at radius 3 is 2.44 bits per heavy atom. The number of aliphatic imine (C=N–C) groups is 1. The lowest BCUT2D eigenvalue weighted by Crippen LogP contribution is -2.59. The van der Waals surface area contributed by atoms with Crippen LogP contribution < -0.4 is 14.8 Å². The van der Waals surface area contributed by atoms with Crippen LogP contribution in [0.4, 0.5) is 16.2 Å². The Kier molecular flexibility index (Phi) is 8.57. The molecule has 12 nitrogen and oxygen atoms in total. The number of carbonyl (C=O) groups is 3. The van der Waals surface area contributed by atoms with E-state index in [1.807, 2.05) is 32.0 Å². The van der Waals surface area contributed by atoms with E-state index in [9.17, 15) is 22.8 Å². The van der Waals surface area contributed by atoms with Crippen molar-refractivity contribution in [3.05, 3.63) is 77.9 Å². The van der Waals surface area contributed by atoms with E-state index in [0.717, 1.165) is 20.3 Å². The lowest BCUT2D eigenvalue weighted by Gasteiger charge is -2.36. The zero-order valence-electron chi connectivity index (χ0n) is 25.6. The first kappa shape index (κ1) is 31.5. The number of esters is 1. The molecule has 236 valence electrons. The van der Waals surface area contributed by atoms with Crippen molar-refractivity contribution >= 4 is 45.1 Å². The first-order chi connectivity index (χ1) is 21.3. The molecular weight excluding hydrogens is 600 g/mol. The molecule has 1 N–H and O–H groups in total. The van der Waals surface area contributed by atoms with Crippen molar-refractivity contribution in [2.45, 2.75) is 50.7 Å². The molecule has 0 bridgehead atoms. The molecule has 45 heavy (non-hydrogen) atoms. The Labute approximate surface area is 261 Å². The van der Waals surface area contributed by atoms with Crippen LogP contribution in [0.1, 0.15) is 31.4 Å². The zero-order valence-corrected chi connectivity index (χ0v) is 26.4. The molecule has 0 saturated carbocycles. The van der Waals surface area contributed by atoms with Gasteiger partial charge in [0.25, 0.3) is 10.0 Å². The van der Waals surface area contributed by atoms with Gasteiger partial charge in [0.05, 0.1) is 25.1 Å². The van der Waals surface area contributed by atoms with Gasteiger partial charge >= 0.3 is 12.0 Å². The van der Waals surface area contributed by atoms with Crippen LogP contribution in [-0.4, -0.2) is 73.3 Å². The van der Waals surface area contributed by atoms with Crippen molar-refractivity contribution in [2.75, 3.05) is 25.6 Å². The molecule has 1 unspecified atom stereocenters. The van der Waals surface area contributed by atoms with Crippen molar-refractivity contribution in [1.82, 2.24) is 9.21 Å². The fourth-order valence-corrected chi connectivity index (χ4v) is 6.75. The molecule has 5 rings (SSSR count). The van der Waals surface area contributed by atoms with E-state index in [-0.39, 0.29) is 35.8 Å². The topological polar surface area (TPSA) is 144 Å². The third kappa shape index (κ3) is 6.07. The fraction of sp³-hybridized carbons (Fsp3) is 0.312. The molecular formula is C32H34N4O8S. The van der Waals surface area contributed by atoms with Crippen molar-refractivity contribution in [1.29, 1.82) is 0 Å². The van der Waals surface area contributed by atoms with Crippen LogP contribution in [0.5, 0.6) is 11.5 Å². The Balaban J connectivity index is 1.56. The Morgan fingerprint density at radius 1 is 1.04 bits per heavy atom. The van der Waals surface area contributed by atoms with Crippen LogP contribution in [0.2, 0.25) is 0 Å². The number of fused-ring (bicyclic) bond motifs is 1. The number of aryl methyl sites for hydroxylation is 2. The standard InChI is InChI=1S/C32H34N4O8S/c1-20-15-16-24(21(2)19-20)43-18-10-17-35-30(33-23-12-7-9-14-26(23)45(35,40)41)36(27-28(37)32(3,4)44-29(27)38)31(39)34-22-11-6-8-13-25(22)42-5/h6-9,11-16,19,27H,10,17-18H2,1-5H3,(H,34,39). The zero-order chi connectivity index (χ0) is 32.5. The van der Waals surface area contributed by atoms with Crippen LogP contribution in [-0.2, 0) is 24.3 Å². The highest BCUT2D eigenvalue weighted by molar-refractivity contribution is 7.90. The molecule has 2 amide bonds. The summed E-state index contributed by atoms with van der Waals surface area (Å²) in [6.07, 6.45) is 0.185. The number of rotatable bonds is 8. The van der Waals surface area contributed by atoms with Crippen molar-refractivity contribution in [3.8, 4) is 11.5 Å². The van der Waals surface area contributed by atoms with Crippen molar-refractivity contribution in [2.24, 2.45) is 4.99 Å². The van der Waals surface area contributed by atoms with Gasteiger partial charge in [0.1, 0.15) is 16.4 Å². The summed E-state index contributed by atoms with van der Waals surface area (Å²) in [7, 11) is -2.89. The lowest BCUT2D eigenvalue weighted by molar-refractivity contribution is -0.149. The summed E-state index contributed by atoms with van der Waals surface area (Å²) in [6.45, 7) is 6.64. The number of hydrogen-bond donors (Lipinski definition) is 1. The summed E-state index contributed by atoms with van der Waals surface area (Å²) in [5.74, 6) is -1.23. The number of benzene rings is 3. The Hall–Kier alpha value is -4.91. The molecule has 2 aliphatic rings. The predicted molar refractivity (Wildman–Crippen MR) is 166 cm³/mol. The molecule has 1 atom stereocenters. The number of Topliss-reactive ketones (excluding diaryl/α,β-unsaturated/α-hetero) is 1. The van der Waals surface area contributed by atoms with Gasteiger partial charge in [0.2, 0.25) is 17.8 Å². The van der Waals surface area contributed by atoms with E-state index in [1.54, 1.807) is 36.4 Å². The first-order valence-corrected chi connectivity index (χ1v) is 15.7. The van der Waals surface area contributed by atoms with E-state index in [2.05, 4.69) is 10.3 Å². The van der Waals surface area contributed by atoms with Gasteiger partial charge in [-0.05, 0) is 63.6 Å². The van der Waals surface area contributed by atoms with Crippen LogP contribution in [0.25, 0.3) is 0 Å². The quantitative estimate of drug-likeness (QED) is 0.216. The molecule has 2 aliphatic heterocycles. The van der Waals surface area contributed by atoms with Crippen LogP contribution >= 0.6 is 0 Å². The number of hydrogen-bond acceptors (Lipinski definition) is 9. The lowest BCUT2D eigenvalue weighted by atomic mass is 10.00. The number of anilines is 1. The van der Waals surface area contributed by atoms with Gasteiger partial charge in [-0.3, -0.25) is 4.79 Å². The number of methoxy groups -OCH3 is 1. The number of nitrogens with one attached hydrogen (secondary N) is 1. The molecule has 0 radical (unpaired) electrons. The van der Waals surface area contributed by atoms with E-state index in [1.165, 1.54) is 33.1 Å². The second-order valence-electron chi connectivity index (χ2n) is 11.1. The number of ketones is 1. The summed E-state index contributed by atoms with van der Waals surface area (Å²) >= 11 is 0. The number of nitrogens with zero attached hydrogens (tertiary/aromatic N) is 3. The second-order valence-corrected chi connectivity index (χ2v) is 13.0. The summed E-state index contributed by atoms with van der Waals surface area (Å²) in [6, 6.07) is 15.5. The summed E-state index contributed by atoms with van der Waals surface area (Å²) < 4.78 is 45.7. The number of urea groups is 1. The molecule has 1 fully saturated rings. The van der Waals surface area contributed by atoms with Crippen LogP contribution in [0.15, 0.2) is 76.6 Å². The predicted octanol–water partition coefficient (Wildman–Crippen LogP) is 4.58. The number of amides is 2. The number of para-hydroxylation sites is 3. The normalized spacial score (nSPS) is 18.0. The maximum absolute atomic E-state index is 14.1. The van der Waals surface area contributed by atoms with Gasteiger partial charge in [-0.15, -0.1) is 0 Å². The van der Waals surface area contributed by atoms with E-state index < -0.39 is 45.4 Å². The van der Waals surface area contributed by atoms with Crippen molar-refractivity contribution < 1.29 is 37.0 Å². The minimum absolute atomic E-state index is 0.0449. The summed E-state index contributed by atoms with van der Waals surface area (Å²) in [5.41, 5.74) is 0.705. The average molecular weight is 635 g/mol. The number of sulfonamides is 1. The van der Waals surface area contributed by atoms with Crippen molar-refractivity contribution in [3.63, 3.8) is 0 Å². The molecule has 3 aromatic carbocycles. The summed E-state index contributed by atoms with van der Waals surface area (Å²) in [5, 5.41) is 2.65. The molecule has 1 saturated heterocycles. The minimum atomic E-state index is -4.31. The highest BCUT2D eigenvalue weighted by Crippen LogP contribution is 2.36. The Bertz CT molecular complexity index is 1800. The first-order valence-electron chi connectivity index (χ1n) is 14.3. The highest BCUT2D eigenvalue weighted by Gasteiger charge is 2.56. The van der Waals surface area contributed by atoms with E-state index in [0.29, 0.717) is 11.5 Å². The van der Waals surface area contributed by atoms with Gasteiger partial charge in [0.15, 0.2) is 5.60 Å². The smallest absolute Gasteiger partial charge is 0.338 e. The van der Waals surface area contributed by atoms with E-state index >= 15 is 0 Å². The highest BCUT2D eigenvalue weighted by atomic mass is 32.2. The SMILES string of the molecule is COc1ccccc1NC(=O)N(C1=Nc2ccccc2S(=O)(=O)N1CCCOc1ccc(C)cc1C)C1C(=O)OC(C)(C)C1=O. The molecule has 0 aliphatic carbocycles. The third-order valence-corrected chi connectivity index (χ3v) is 9.26. The number of guanidine groups is 1. The van der Waals surface area contributed by atoms with Gasteiger partial charge in [0, 0.05) is 13.0 Å². The fourth-order valence-electron chi connectivity index (χ4n) is 5.17. The largest absolute Gasteiger partial charge is 0.495 e. The van der Waals surface area contributed by atoms with Gasteiger partial charge in [-0.2, -0.15) is 0 Å². The van der Waals surface area contributed by atoms with Gasteiger partial charge < -0.3 is 19.5 Å². The Morgan fingerprint density at radius 2 is 1.76 bits per heavy atom. The molecule has 3 aromatic rings. The molecule has 0 aromatic heterocycles. The monoisotopic (exact) mass is 634 g/mol. The number of cyclic esters (lactones) is 1. The molecule has 13 heteroatoms. The van der Waals surface area contributed by atoms with Gasteiger partial charge in [-0.25, -0.2) is 32.2 Å². The number of ether oxygens (including phenoxy) is 3. The maximum Gasteiger partial charge on any atom is 0.338 e. The third-order valence-electron chi connectivity index (χ3n) is 7.43. The minimum Gasteiger partial charge on any atom is -0.495 e. The number of carbonyl (C=O) groups excluding carboxylic acids is 3. The summed E-state index contributed by atoms with van der Waals surface area (Å²) in [4.78, 5) is 46.1. The maximum atomic E-state index is 14.1. The average Bonchev–Trinajstić information content (AvgIpc) is 3.19. The molecule has 0 spiro atoms. The van der Waals surface area contributed by atoms with E-state index in [4.69, 9.17) is 14.2 Å². The van der Waals surface area contributed by atoms with Crippen LogP contribution in [0.3, 0.4) is 0 Å². The van der Waals surface area contributed by atoms with Gasteiger partial charge in [-0.1, -0.05) is 42.0 Å². The second kappa shape index (κ2) is 12.2. The van der Waals surface area contributed by atoms with Crippen LogP contribution in [0, 0.1) is 13.8 Å².